The lowest BCUT2D eigenvalue weighted by molar-refractivity contribution is 0.171. The fraction of sp³-hybridized carbons (Fsp3) is 0.923. The van der Waals surface area contributed by atoms with Crippen molar-refractivity contribution in [1.29, 1.82) is 0 Å². The Hall–Kier alpha value is -0.820. The Morgan fingerprint density at radius 3 is 2.15 bits per heavy atom. The molecular formula is C13H27N3O3S. The van der Waals surface area contributed by atoms with Crippen molar-refractivity contribution < 1.29 is 13.2 Å². The Kier molecular flexibility index (Phi) is 5.82. The van der Waals surface area contributed by atoms with Gasteiger partial charge >= 0.3 is 6.03 Å². The topological polar surface area (TPSA) is 69.7 Å². The van der Waals surface area contributed by atoms with Crippen molar-refractivity contribution in [1.82, 2.24) is 14.5 Å². The molecule has 0 aromatic carbocycles. The largest absolute Gasteiger partial charge is 0.338 e. The van der Waals surface area contributed by atoms with E-state index in [0.29, 0.717) is 32.7 Å². The molecule has 1 heterocycles. The van der Waals surface area contributed by atoms with Crippen LogP contribution in [0.15, 0.2) is 0 Å². The molecule has 0 aromatic heterocycles. The number of amides is 2. The third-order valence-electron chi connectivity index (χ3n) is 3.44. The number of rotatable bonds is 4. The van der Waals surface area contributed by atoms with Gasteiger partial charge in [-0.3, -0.25) is 0 Å². The van der Waals surface area contributed by atoms with Gasteiger partial charge in [0.15, 0.2) is 0 Å². The van der Waals surface area contributed by atoms with Crippen LogP contribution >= 0.6 is 0 Å². The molecule has 0 aromatic rings. The summed E-state index contributed by atoms with van der Waals surface area (Å²) >= 11 is 0. The molecule has 1 N–H and O–H groups in total. The summed E-state index contributed by atoms with van der Waals surface area (Å²) < 4.78 is 24.9. The molecule has 1 fully saturated rings. The highest BCUT2D eigenvalue weighted by Crippen LogP contribution is 2.17. The van der Waals surface area contributed by atoms with Gasteiger partial charge in [0.05, 0.1) is 5.75 Å². The Morgan fingerprint density at radius 1 is 1.15 bits per heavy atom. The number of hydrogen-bond donors (Lipinski definition) is 1. The van der Waals surface area contributed by atoms with Gasteiger partial charge in [0.2, 0.25) is 10.0 Å². The molecule has 20 heavy (non-hydrogen) atoms. The monoisotopic (exact) mass is 305 g/mol. The van der Waals surface area contributed by atoms with E-state index in [4.69, 9.17) is 0 Å². The summed E-state index contributed by atoms with van der Waals surface area (Å²) in [6, 6.07) is -0.0946. The Bertz CT molecular complexity index is 421. The standard InChI is InChI=1S/C13H27N3O3S/c1-5-20(18,19)16-10-8-15(9-11-16)12(17)14-7-6-13(2,3)4/h5-11H2,1-4H3,(H,14,17). The maximum absolute atomic E-state index is 12.0. The highest BCUT2D eigenvalue weighted by Gasteiger charge is 2.27. The number of carbonyl (C=O) groups excluding carboxylic acids is 1. The molecule has 1 aliphatic heterocycles. The van der Waals surface area contributed by atoms with Gasteiger partial charge in [-0.05, 0) is 18.8 Å². The Morgan fingerprint density at radius 2 is 1.70 bits per heavy atom. The van der Waals surface area contributed by atoms with E-state index < -0.39 is 10.0 Å². The van der Waals surface area contributed by atoms with Crippen molar-refractivity contribution in [2.45, 2.75) is 34.1 Å². The van der Waals surface area contributed by atoms with Gasteiger partial charge < -0.3 is 10.2 Å². The van der Waals surface area contributed by atoms with Crippen LogP contribution in [0.2, 0.25) is 0 Å². The molecule has 0 spiro atoms. The van der Waals surface area contributed by atoms with Gasteiger partial charge in [0.1, 0.15) is 0 Å². The summed E-state index contributed by atoms with van der Waals surface area (Å²) in [6.45, 7) is 10.4. The zero-order chi connectivity index (χ0) is 15.4. The maximum Gasteiger partial charge on any atom is 0.317 e. The van der Waals surface area contributed by atoms with Crippen LogP contribution < -0.4 is 5.32 Å². The second-order valence-corrected chi connectivity index (χ2v) is 8.59. The molecular weight excluding hydrogens is 278 g/mol. The molecule has 7 heteroatoms. The molecule has 0 atom stereocenters. The van der Waals surface area contributed by atoms with E-state index in [0.717, 1.165) is 6.42 Å². The van der Waals surface area contributed by atoms with Crippen LogP contribution in [0.3, 0.4) is 0 Å². The number of urea groups is 1. The number of nitrogens with zero attached hydrogens (tertiary/aromatic N) is 2. The highest BCUT2D eigenvalue weighted by molar-refractivity contribution is 7.89. The van der Waals surface area contributed by atoms with Gasteiger partial charge in [-0.25, -0.2) is 13.2 Å². The van der Waals surface area contributed by atoms with Gasteiger partial charge in [-0.1, -0.05) is 20.8 Å². The van der Waals surface area contributed by atoms with Crippen LogP contribution in [0.25, 0.3) is 0 Å². The van der Waals surface area contributed by atoms with Crippen molar-refractivity contribution in [2.75, 3.05) is 38.5 Å². The third-order valence-corrected chi connectivity index (χ3v) is 5.32. The van der Waals surface area contributed by atoms with E-state index in [9.17, 15) is 13.2 Å². The van der Waals surface area contributed by atoms with E-state index in [1.165, 1.54) is 4.31 Å². The normalized spacial score (nSPS) is 18.1. The smallest absolute Gasteiger partial charge is 0.317 e. The van der Waals surface area contributed by atoms with Crippen LogP contribution in [-0.2, 0) is 10.0 Å². The van der Waals surface area contributed by atoms with Crippen LogP contribution in [0.4, 0.5) is 4.79 Å². The van der Waals surface area contributed by atoms with Gasteiger partial charge in [0.25, 0.3) is 0 Å². The summed E-state index contributed by atoms with van der Waals surface area (Å²) in [5.41, 5.74) is 0.196. The summed E-state index contributed by atoms with van der Waals surface area (Å²) in [6.07, 6.45) is 0.920. The first-order chi connectivity index (χ1) is 9.15. The minimum Gasteiger partial charge on any atom is -0.338 e. The zero-order valence-corrected chi connectivity index (χ0v) is 13.8. The van der Waals surface area contributed by atoms with E-state index in [-0.39, 0.29) is 17.2 Å². The quantitative estimate of drug-likeness (QED) is 0.845. The number of hydrogen-bond acceptors (Lipinski definition) is 3. The second-order valence-electron chi connectivity index (χ2n) is 6.33. The van der Waals surface area contributed by atoms with Crippen LogP contribution in [0.1, 0.15) is 34.1 Å². The first-order valence-corrected chi connectivity index (χ1v) is 8.77. The lowest BCUT2D eigenvalue weighted by Gasteiger charge is -2.34. The van der Waals surface area contributed by atoms with Gasteiger partial charge in [0, 0.05) is 32.7 Å². The predicted molar refractivity (Wildman–Crippen MR) is 80.1 cm³/mol. The van der Waals surface area contributed by atoms with Gasteiger partial charge in [-0.15, -0.1) is 0 Å². The van der Waals surface area contributed by atoms with E-state index in [1.807, 2.05) is 0 Å². The Labute approximate surface area is 122 Å². The van der Waals surface area contributed by atoms with Crippen LogP contribution in [0, 0.1) is 5.41 Å². The van der Waals surface area contributed by atoms with E-state index in [2.05, 4.69) is 26.1 Å². The molecule has 0 aliphatic carbocycles. The fourth-order valence-electron chi connectivity index (χ4n) is 2.01. The molecule has 1 aliphatic rings. The Balaban J connectivity index is 2.36. The molecule has 6 nitrogen and oxygen atoms in total. The number of sulfonamides is 1. The number of carbonyl (C=O) groups is 1. The third kappa shape index (κ3) is 5.28. The highest BCUT2D eigenvalue weighted by atomic mass is 32.2. The molecule has 0 bridgehead atoms. The first-order valence-electron chi connectivity index (χ1n) is 7.16. The first kappa shape index (κ1) is 17.2. The van der Waals surface area contributed by atoms with E-state index in [1.54, 1.807) is 11.8 Å². The average Bonchev–Trinajstić information content (AvgIpc) is 2.37. The summed E-state index contributed by atoms with van der Waals surface area (Å²) in [7, 11) is -3.13. The van der Waals surface area contributed by atoms with Crippen molar-refractivity contribution in [3.8, 4) is 0 Å². The van der Waals surface area contributed by atoms with E-state index >= 15 is 0 Å². The minimum atomic E-state index is -3.13. The number of nitrogens with one attached hydrogen (secondary N) is 1. The van der Waals surface area contributed by atoms with Gasteiger partial charge in [-0.2, -0.15) is 4.31 Å². The molecule has 0 saturated carbocycles. The summed E-state index contributed by atoms with van der Waals surface area (Å²) in [4.78, 5) is 13.6. The lowest BCUT2D eigenvalue weighted by atomic mass is 9.92. The van der Waals surface area contributed by atoms with Crippen molar-refractivity contribution in [3.05, 3.63) is 0 Å². The van der Waals surface area contributed by atoms with Crippen LogP contribution in [-0.4, -0.2) is 62.1 Å². The minimum absolute atomic E-state index is 0.0946. The SMILES string of the molecule is CCS(=O)(=O)N1CCN(C(=O)NCCC(C)(C)C)CC1. The molecule has 1 saturated heterocycles. The molecule has 118 valence electrons. The summed E-state index contributed by atoms with van der Waals surface area (Å²) in [5.74, 6) is 0.116. The maximum atomic E-state index is 12.0. The van der Waals surface area contributed by atoms with Crippen LogP contribution in [0.5, 0.6) is 0 Å². The van der Waals surface area contributed by atoms with Crippen molar-refractivity contribution >= 4 is 16.1 Å². The average molecular weight is 305 g/mol. The fourth-order valence-corrected chi connectivity index (χ4v) is 3.09. The predicted octanol–water partition coefficient (Wildman–Crippen LogP) is 1.10. The molecule has 0 unspecified atom stereocenters. The summed E-state index contributed by atoms with van der Waals surface area (Å²) in [5, 5.41) is 2.90. The second kappa shape index (κ2) is 6.76. The lowest BCUT2D eigenvalue weighted by Crippen LogP contribution is -2.53. The molecule has 1 rings (SSSR count). The molecule has 0 radical (unpaired) electrons. The molecule has 2 amide bonds. The zero-order valence-electron chi connectivity index (χ0n) is 13.0. The van der Waals surface area contributed by atoms with Crippen molar-refractivity contribution in [2.24, 2.45) is 5.41 Å². The van der Waals surface area contributed by atoms with Crippen molar-refractivity contribution in [3.63, 3.8) is 0 Å². The number of piperazine rings is 1.